The number of rotatable bonds is 3. The highest BCUT2D eigenvalue weighted by molar-refractivity contribution is 5.77. The number of nitrogens with zero attached hydrogens (tertiary/aromatic N) is 1. The van der Waals surface area contributed by atoms with Crippen LogP contribution < -0.4 is 4.90 Å². The van der Waals surface area contributed by atoms with E-state index in [0.717, 1.165) is 0 Å². The van der Waals surface area contributed by atoms with Crippen molar-refractivity contribution in [2.45, 2.75) is 37.6 Å². The lowest BCUT2D eigenvalue weighted by molar-refractivity contribution is 0.564. The smallest absolute Gasteiger partial charge is 0.0629 e. The molecular formula is C39H33N. The molecule has 40 heavy (non-hydrogen) atoms. The van der Waals surface area contributed by atoms with E-state index in [2.05, 4.69) is 152 Å². The first-order valence-electron chi connectivity index (χ1n) is 14.6. The third-order valence-corrected chi connectivity index (χ3v) is 9.48. The topological polar surface area (TPSA) is 3.24 Å². The van der Waals surface area contributed by atoms with E-state index in [4.69, 9.17) is 0 Å². The van der Waals surface area contributed by atoms with Gasteiger partial charge in [-0.1, -0.05) is 126 Å². The number of allylic oxidation sites excluding steroid dienone is 6. The van der Waals surface area contributed by atoms with E-state index in [1.807, 2.05) is 0 Å². The van der Waals surface area contributed by atoms with Crippen molar-refractivity contribution in [3.63, 3.8) is 0 Å². The van der Waals surface area contributed by atoms with Crippen molar-refractivity contribution in [1.82, 2.24) is 0 Å². The molecule has 1 aliphatic heterocycles. The van der Waals surface area contributed by atoms with E-state index >= 15 is 0 Å². The summed E-state index contributed by atoms with van der Waals surface area (Å²) in [6.07, 6.45) is 14.3. The number of para-hydroxylation sites is 1. The monoisotopic (exact) mass is 515 g/mol. The van der Waals surface area contributed by atoms with Crippen molar-refractivity contribution in [3.8, 4) is 11.1 Å². The quantitative estimate of drug-likeness (QED) is 0.262. The van der Waals surface area contributed by atoms with Gasteiger partial charge in [0.2, 0.25) is 0 Å². The molecule has 4 aromatic rings. The Hall–Kier alpha value is -4.36. The summed E-state index contributed by atoms with van der Waals surface area (Å²) < 4.78 is 0. The van der Waals surface area contributed by atoms with Gasteiger partial charge in [-0.3, -0.25) is 0 Å². The van der Waals surface area contributed by atoms with Crippen molar-refractivity contribution < 1.29 is 0 Å². The highest BCUT2D eigenvalue weighted by Gasteiger charge is 2.40. The normalized spacial score (nSPS) is 25.6. The summed E-state index contributed by atoms with van der Waals surface area (Å²) in [7, 11) is 0. The number of hydrogen-bond donors (Lipinski definition) is 0. The van der Waals surface area contributed by atoms with Gasteiger partial charge in [-0.05, 0) is 71.3 Å². The summed E-state index contributed by atoms with van der Waals surface area (Å²) in [4.78, 5) is 2.51. The molecule has 0 aromatic heterocycles. The van der Waals surface area contributed by atoms with Gasteiger partial charge in [-0.15, -0.1) is 0 Å². The van der Waals surface area contributed by atoms with Crippen LogP contribution in [0, 0.1) is 5.92 Å². The van der Waals surface area contributed by atoms with Crippen molar-refractivity contribution in [3.05, 3.63) is 167 Å². The molecule has 0 radical (unpaired) electrons. The van der Waals surface area contributed by atoms with Crippen LogP contribution in [0.1, 0.15) is 53.9 Å². The summed E-state index contributed by atoms with van der Waals surface area (Å²) in [6, 6.07) is 36.7. The molecule has 8 rings (SSSR count). The fourth-order valence-electron chi connectivity index (χ4n) is 7.64. The van der Waals surface area contributed by atoms with Crippen LogP contribution in [-0.4, -0.2) is 6.04 Å². The lowest BCUT2D eigenvalue weighted by Gasteiger charge is -2.29. The highest BCUT2D eigenvalue weighted by atomic mass is 15.2. The van der Waals surface area contributed by atoms with Gasteiger partial charge in [0.15, 0.2) is 0 Å². The predicted molar refractivity (Wildman–Crippen MR) is 167 cm³/mol. The molecule has 0 amide bonds. The zero-order valence-corrected chi connectivity index (χ0v) is 23.0. The van der Waals surface area contributed by atoms with Gasteiger partial charge in [0, 0.05) is 29.1 Å². The first-order chi connectivity index (χ1) is 19.7. The molecule has 0 saturated heterocycles. The van der Waals surface area contributed by atoms with E-state index in [9.17, 15) is 0 Å². The second-order valence-electron chi connectivity index (χ2n) is 11.9. The minimum atomic E-state index is 0.330. The maximum absolute atomic E-state index is 2.51. The fraction of sp³-hybridized carbons (Fsp3) is 0.179. The van der Waals surface area contributed by atoms with E-state index in [0.29, 0.717) is 29.7 Å². The molecule has 5 unspecified atom stereocenters. The van der Waals surface area contributed by atoms with Crippen LogP contribution >= 0.6 is 0 Å². The molecule has 0 N–H and O–H groups in total. The standard InChI is InChI=1S/C39H33N/c1-25-11-21-34-35(23-25)31-7-3-4-9-33(31)39(34)29-15-13-27(14-16-29)28-17-19-30(20-18-28)40-37-10-6-5-8-32(37)36-24-26(2)12-22-38(36)40/h3-24,34-36,38-39H,1-2H3. The first-order valence-corrected chi connectivity index (χ1v) is 14.6. The van der Waals surface area contributed by atoms with Gasteiger partial charge in [0.05, 0.1) is 6.04 Å². The van der Waals surface area contributed by atoms with Crippen LogP contribution in [0.2, 0.25) is 0 Å². The Morgan fingerprint density at radius 2 is 1.15 bits per heavy atom. The maximum Gasteiger partial charge on any atom is 0.0629 e. The summed E-state index contributed by atoms with van der Waals surface area (Å²) in [5.74, 6) is 1.79. The van der Waals surface area contributed by atoms with Gasteiger partial charge in [0.1, 0.15) is 0 Å². The van der Waals surface area contributed by atoms with E-state index in [1.165, 1.54) is 55.9 Å². The van der Waals surface area contributed by atoms with Gasteiger partial charge in [-0.2, -0.15) is 0 Å². The minimum absolute atomic E-state index is 0.330. The van der Waals surface area contributed by atoms with Gasteiger partial charge < -0.3 is 4.90 Å². The second kappa shape index (κ2) is 9.10. The Bertz CT molecular complexity index is 1600. The SMILES string of the molecule is CC1=CC2c3ccccc3C(c3ccc(-c4ccc(N5c6ccccc6C6C=C(C)C=CC65)cc4)cc3)C2C=C1. The average Bonchev–Trinajstić information content (AvgIpc) is 3.50. The van der Waals surface area contributed by atoms with Crippen LogP contribution in [-0.2, 0) is 0 Å². The van der Waals surface area contributed by atoms with E-state index in [-0.39, 0.29) is 0 Å². The van der Waals surface area contributed by atoms with Gasteiger partial charge in [-0.25, -0.2) is 0 Å². The van der Waals surface area contributed by atoms with Crippen LogP contribution in [0.4, 0.5) is 11.4 Å². The van der Waals surface area contributed by atoms with Crippen LogP contribution in [0.25, 0.3) is 11.1 Å². The molecule has 4 aliphatic rings. The molecule has 1 heterocycles. The summed E-state index contributed by atoms with van der Waals surface area (Å²) >= 11 is 0. The second-order valence-corrected chi connectivity index (χ2v) is 11.9. The van der Waals surface area contributed by atoms with Gasteiger partial charge in [0.25, 0.3) is 0 Å². The van der Waals surface area contributed by atoms with Crippen LogP contribution in [0.5, 0.6) is 0 Å². The number of fused-ring (bicyclic) bond motifs is 6. The molecule has 194 valence electrons. The fourth-order valence-corrected chi connectivity index (χ4v) is 7.64. The molecular weight excluding hydrogens is 482 g/mol. The summed E-state index contributed by atoms with van der Waals surface area (Å²) in [5.41, 5.74) is 13.6. The zero-order chi connectivity index (χ0) is 26.8. The molecule has 1 nitrogen and oxygen atoms in total. The van der Waals surface area contributed by atoms with Crippen molar-refractivity contribution >= 4 is 11.4 Å². The van der Waals surface area contributed by atoms with Crippen molar-refractivity contribution in [2.24, 2.45) is 5.92 Å². The Morgan fingerprint density at radius 3 is 1.90 bits per heavy atom. The van der Waals surface area contributed by atoms with Crippen molar-refractivity contribution in [2.75, 3.05) is 4.90 Å². The first kappa shape index (κ1) is 23.5. The van der Waals surface area contributed by atoms with Crippen LogP contribution in [0.3, 0.4) is 0 Å². The maximum atomic E-state index is 2.51. The summed E-state index contributed by atoms with van der Waals surface area (Å²) in [6.45, 7) is 4.42. The highest BCUT2D eigenvalue weighted by Crippen LogP contribution is 2.53. The molecule has 0 fully saturated rings. The Morgan fingerprint density at radius 1 is 0.550 bits per heavy atom. The lowest BCUT2D eigenvalue weighted by Crippen LogP contribution is -2.28. The zero-order valence-electron chi connectivity index (χ0n) is 23.0. The van der Waals surface area contributed by atoms with Gasteiger partial charge >= 0.3 is 0 Å². The van der Waals surface area contributed by atoms with E-state index < -0.39 is 0 Å². The van der Waals surface area contributed by atoms with Crippen LogP contribution in [0.15, 0.2) is 145 Å². The molecule has 3 aliphatic carbocycles. The minimum Gasteiger partial charge on any atom is -0.333 e. The predicted octanol–water partition coefficient (Wildman–Crippen LogP) is 9.83. The number of hydrogen-bond acceptors (Lipinski definition) is 1. The van der Waals surface area contributed by atoms with Crippen molar-refractivity contribution in [1.29, 1.82) is 0 Å². The Balaban J connectivity index is 1.09. The molecule has 0 spiro atoms. The third-order valence-electron chi connectivity index (χ3n) is 9.48. The molecule has 1 heteroatoms. The number of benzene rings is 4. The summed E-state index contributed by atoms with van der Waals surface area (Å²) in [5, 5.41) is 0. The Labute approximate surface area is 237 Å². The third kappa shape index (κ3) is 3.61. The lowest BCUT2D eigenvalue weighted by atomic mass is 9.79. The molecule has 0 bridgehead atoms. The van der Waals surface area contributed by atoms with E-state index in [1.54, 1.807) is 0 Å². The molecule has 4 aromatic carbocycles. The molecule has 0 saturated carbocycles. The number of anilines is 2. The average molecular weight is 516 g/mol. The Kier molecular flexibility index (Phi) is 5.35. The molecule has 5 atom stereocenters. The largest absolute Gasteiger partial charge is 0.333 e.